The van der Waals surface area contributed by atoms with Gasteiger partial charge in [0.25, 0.3) is 5.91 Å². The molecule has 0 spiro atoms. The predicted octanol–water partition coefficient (Wildman–Crippen LogP) is 4.38. The lowest BCUT2D eigenvalue weighted by Gasteiger charge is -2.31. The van der Waals surface area contributed by atoms with Crippen LogP contribution < -0.4 is 10.2 Å². The van der Waals surface area contributed by atoms with Crippen molar-refractivity contribution in [2.75, 3.05) is 43.6 Å². The first-order chi connectivity index (χ1) is 19.4. The second-order valence-electron chi connectivity index (χ2n) is 11.4. The Labute approximate surface area is 237 Å². The quantitative estimate of drug-likeness (QED) is 0.354. The van der Waals surface area contributed by atoms with E-state index in [1.54, 1.807) is 53.5 Å². The van der Waals surface area contributed by atoms with Gasteiger partial charge in [-0.05, 0) is 46.2 Å². The van der Waals surface area contributed by atoms with Crippen molar-refractivity contribution in [3.05, 3.63) is 53.9 Å². The van der Waals surface area contributed by atoms with E-state index in [1.165, 1.54) is 6.07 Å². The molecule has 3 aromatic heterocycles. The van der Waals surface area contributed by atoms with E-state index in [4.69, 9.17) is 9.47 Å². The highest BCUT2D eigenvalue weighted by molar-refractivity contribution is 6.13. The monoisotopic (exact) mass is 565 g/mol. The van der Waals surface area contributed by atoms with Gasteiger partial charge in [0.2, 0.25) is 0 Å². The number of hydrogen-bond donors (Lipinski definition) is 1. The third kappa shape index (κ3) is 5.97. The normalized spacial score (nSPS) is 15.6. The first-order valence-corrected chi connectivity index (χ1v) is 13.6. The van der Waals surface area contributed by atoms with Gasteiger partial charge >= 0.3 is 6.09 Å². The van der Waals surface area contributed by atoms with Crippen molar-refractivity contribution < 1.29 is 23.5 Å². The fourth-order valence-corrected chi connectivity index (χ4v) is 5.26. The molecule has 0 saturated carbocycles. The molecule has 1 atom stereocenters. The van der Waals surface area contributed by atoms with Crippen molar-refractivity contribution in [3.63, 3.8) is 0 Å². The Balaban J connectivity index is 1.39. The van der Waals surface area contributed by atoms with Crippen LogP contribution in [0, 0.1) is 12.7 Å². The molecule has 1 saturated heterocycles. The molecule has 4 heterocycles. The van der Waals surface area contributed by atoms with E-state index in [0.29, 0.717) is 42.2 Å². The summed E-state index contributed by atoms with van der Waals surface area (Å²) < 4.78 is 28.7. The van der Waals surface area contributed by atoms with E-state index in [0.717, 1.165) is 24.0 Å². The minimum Gasteiger partial charge on any atom is -0.444 e. The first kappa shape index (κ1) is 28.3. The van der Waals surface area contributed by atoms with E-state index in [9.17, 15) is 14.0 Å². The second kappa shape index (κ2) is 11.0. The van der Waals surface area contributed by atoms with Crippen LogP contribution in [0.25, 0.3) is 16.6 Å². The molecule has 1 aliphatic heterocycles. The molecule has 1 aliphatic rings. The van der Waals surface area contributed by atoms with Crippen LogP contribution in [-0.4, -0.2) is 81.1 Å². The molecule has 0 aliphatic carbocycles. The molecule has 12 heteroatoms. The molecule has 5 rings (SSSR count). The number of benzene rings is 1. The van der Waals surface area contributed by atoms with Crippen LogP contribution in [0.3, 0.4) is 0 Å². The minimum absolute atomic E-state index is 0.0636. The maximum atomic E-state index is 14.6. The lowest BCUT2D eigenvalue weighted by atomic mass is 10.1. The number of halogens is 1. The number of carbonyl (C=O) groups is 2. The van der Waals surface area contributed by atoms with E-state index in [1.807, 2.05) is 33.0 Å². The van der Waals surface area contributed by atoms with Gasteiger partial charge in [-0.2, -0.15) is 5.10 Å². The molecule has 218 valence electrons. The van der Waals surface area contributed by atoms with Gasteiger partial charge in [0.15, 0.2) is 11.5 Å². The Hall–Kier alpha value is -4.19. The molecular weight excluding hydrogens is 529 g/mol. The molecule has 0 bridgehead atoms. The van der Waals surface area contributed by atoms with Crippen LogP contribution >= 0.6 is 0 Å². The summed E-state index contributed by atoms with van der Waals surface area (Å²) in [5.41, 5.74) is 2.42. The lowest BCUT2D eigenvalue weighted by molar-refractivity contribution is 0.0123. The Morgan fingerprint density at radius 1 is 1.22 bits per heavy atom. The van der Waals surface area contributed by atoms with E-state index < -0.39 is 17.3 Å². The van der Waals surface area contributed by atoms with Crippen LogP contribution in [0.5, 0.6) is 0 Å². The van der Waals surface area contributed by atoms with E-state index in [-0.39, 0.29) is 17.8 Å². The molecule has 0 unspecified atom stereocenters. The Morgan fingerprint density at radius 2 is 2.00 bits per heavy atom. The number of ether oxygens (including phenoxy) is 2. The number of methoxy groups -OCH3 is 1. The van der Waals surface area contributed by atoms with Crippen molar-refractivity contribution in [3.8, 4) is 0 Å². The number of aryl methyl sites for hydroxylation is 2. The summed E-state index contributed by atoms with van der Waals surface area (Å²) >= 11 is 0. The highest BCUT2D eigenvalue weighted by Gasteiger charge is 2.34. The number of nitrogens with zero attached hydrogens (tertiary/aromatic N) is 6. The maximum absolute atomic E-state index is 14.6. The van der Waals surface area contributed by atoms with Gasteiger partial charge < -0.3 is 29.0 Å². The number of rotatable bonds is 7. The van der Waals surface area contributed by atoms with Crippen molar-refractivity contribution >= 4 is 39.9 Å². The molecule has 41 heavy (non-hydrogen) atoms. The standard InChI is InChI=1S/C29H36FN7O4/c1-18-14-36-15-19(13-23(30)26(36)31-18)32-27(38)21-7-8-24(22-17-34(5)33-25(21)22)35-10-9-20(16-35)37(11-12-40-6)28(39)41-29(2,3)4/h7-8,13-15,17,20H,9-12,16H2,1-6H3,(H,32,38)/t20-/m0/s1. The minimum atomic E-state index is -0.603. The largest absolute Gasteiger partial charge is 0.444 e. The Morgan fingerprint density at radius 3 is 2.73 bits per heavy atom. The smallest absolute Gasteiger partial charge is 0.410 e. The number of anilines is 2. The van der Waals surface area contributed by atoms with Gasteiger partial charge in [0.05, 0.1) is 29.6 Å². The third-order valence-corrected chi connectivity index (χ3v) is 7.01. The average Bonchev–Trinajstić information content (AvgIpc) is 3.60. The summed E-state index contributed by atoms with van der Waals surface area (Å²) in [6.07, 6.45) is 5.60. The highest BCUT2D eigenvalue weighted by Crippen LogP contribution is 2.33. The average molecular weight is 566 g/mol. The van der Waals surface area contributed by atoms with Gasteiger partial charge in [-0.1, -0.05) is 0 Å². The zero-order valence-corrected chi connectivity index (χ0v) is 24.3. The summed E-state index contributed by atoms with van der Waals surface area (Å²) in [4.78, 5) is 34.5. The molecular formula is C29H36FN7O4. The van der Waals surface area contributed by atoms with Crippen molar-refractivity contribution in [2.24, 2.45) is 7.05 Å². The molecule has 1 fully saturated rings. The fraction of sp³-hybridized carbons (Fsp3) is 0.448. The highest BCUT2D eigenvalue weighted by atomic mass is 19.1. The second-order valence-corrected chi connectivity index (χ2v) is 11.4. The zero-order chi connectivity index (χ0) is 29.5. The zero-order valence-electron chi connectivity index (χ0n) is 24.3. The number of carbonyl (C=O) groups excluding carboxylic acids is 2. The summed E-state index contributed by atoms with van der Waals surface area (Å²) in [6.45, 7) is 9.49. The Bertz CT molecular complexity index is 1610. The van der Waals surface area contributed by atoms with Gasteiger partial charge in [0, 0.05) is 69.5 Å². The van der Waals surface area contributed by atoms with E-state index >= 15 is 0 Å². The number of fused-ring (bicyclic) bond motifs is 2. The predicted molar refractivity (Wildman–Crippen MR) is 154 cm³/mol. The lowest BCUT2D eigenvalue weighted by Crippen LogP contribution is -2.46. The summed E-state index contributed by atoms with van der Waals surface area (Å²) in [5.74, 6) is -0.922. The molecule has 4 aromatic rings. The topological polar surface area (TPSA) is 106 Å². The van der Waals surface area contributed by atoms with Gasteiger partial charge in [-0.15, -0.1) is 0 Å². The molecule has 0 radical (unpaired) electrons. The molecule has 2 amide bonds. The molecule has 11 nitrogen and oxygen atoms in total. The van der Waals surface area contributed by atoms with Crippen molar-refractivity contribution in [1.29, 1.82) is 0 Å². The number of pyridine rings is 1. The third-order valence-electron chi connectivity index (χ3n) is 7.01. The molecule has 1 N–H and O–H groups in total. The van der Waals surface area contributed by atoms with Crippen molar-refractivity contribution in [1.82, 2.24) is 24.1 Å². The van der Waals surface area contributed by atoms with Crippen molar-refractivity contribution in [2.45, 2.75) is 45.8 Å². The van der Waals surface area contributed by atoms with Gasteiger partial charge in [0.1, 0.15) is 11.1 Å². The Kier molecular flexibility index (Phi) is 7.60. The van der Waals surface area contributed by atoms with Crippen LogP contribution in [0.1, 0.15) is 43.2 Å². The van der Waals surface area contributed by atoms with Crippen LogP contribution in [0.4, 0.5) is 20.6 Å². The van der Waals surface area contributed by atoms with Crippen LogP contribution in [0.2, 0.25) is 0 Å². The SMILES string of the molecule is COCCN(C(=O)OC(C)(C)C)[C@H]1CCN(c2ccc(C(=O)Nc3cc(F)c4nc(C)cn4c3)c3nn(C)cc23)C1. The maximum Gasteiger partial charge on any atom is 0.410 e. The van der Waals surface area contributed by atoms with Crippen LogP contribution in [-0.2, 0) is 16.5 Å². The van der Waals surface area contributed by atoms with Gasteiger partial charge in [-0.25, -0.2) is 14.2 Å². The molecule has 1 aromatic carbocycles. The summed E-state index contributed by atoms with van der Waals surface area (Å²) in [7, 11) is 3.41. The first-order valence-electron chi connectivity index (χ1n) is 13.6. The summed E-state index contributed by atoms with van der Waals surface area (Å²) in [6, 6.07) is 4.83. The number of aromatic nitrogens is 4. The number of amides is 2. The number of imidazole rings is 1. The number of nitrogens with one attached hydrogen (secondary N) is 1. The fourth-order valence-electron chi connectivity index (χ4n) is 5.26. The summed E-state index contributed by atoms with van der Waals surface area (Å²) in [5, 5.41) is 8.20. The van der Waals surface area contributed by atoms with Crippen LogP contribution in [0.15, 0.2) is 36.8 Å². The van der Waals surface area contributed by atoms with E-state index in [2.05, 4.69) is 20.3 Å². The van der Waals surface area contributed by atoms with Gasteiger partial charge in [-0.3, -0.25) is 9.48 Å². The number of hydrogen-bond acceptors (Lipinski definition) is 7.